The topological polar surface area (TPSA) is 542 Å². The molecular formula is C71H101N15O20S2. The fourth-order valence-corrected chi connectivity index (χ4v) is 13.9. The number of para-hydroxylation sites is 2. The van der Waals surface area contributed by atoms with Crippen molar-refractivity contribution in [3.63, 3.8) is 0 Å². The molecule has 2 aromatic carbocycles. The zero-order chi connectivity index (χ0) is 80.6. The van der Waals surface area contributed by atoms with Crippen molar-refractivity contribution in [1.82, 2.24) is 79.1 Å². The Balaban J connectivity index is 1.66. The first-order valence-electron chi connectivity index (χ1n) is 35.2. The first-order valence-corrected chi connectivity index (χ1v) is 37.7. The average Bonchev–Trinajstić information content (AvgIpc) is 1.13. The van der Waals surface area contributed by atoms with Crippen molar-refractivity contribution in [2.45, 2.75) is 207 Å². The first-order chi connectivity index (χ1) is 50.6. The van der Waals surface area contributed by atoms with Gasteiger partial charge in [0.1, 0.15) is 66.5 Å². The summed E-state index contributed by atoms with van der Waals surface area (Å²) >= 11 is 0. The van der Waals surface area contributed by atoms with Gasteiger partial charge in [0.05, 0.1) is 19.1 Å². The van der Waals surface area contributed by atoms with Crippen molar-refractivity contribution in [2.24, 2.45) is 23.2 Å². The van der Waals surface area contributed by atoms with Crippen LogP contribution in [0.5, 0.6) is 0 Å². The van der Waals surface area contributed by atoms with Gasteiger partial charge in [0.25, 0.3) is 0 Å². The van der Waals surface area contributed by atoms with Crippen LogP contribution in [0.1, 0.15) is 126 Å². The maximum absolute atomic E-state index is 15.1. The molecule has 0 bridgehead atoms. The van der Waals surface area contributed by atoms with Gasteiger partial charge < -0.3 is 99.5 Å². The predicted molar refractivity (Wildman–Crippen MR) is 398 cm³/mol. The lowest BCUT2D eigenvalue weighted by Crippen LogP contribution is -2.62. The van der Waals surface area contributed by atoms with Gasteiger partial charge in [-0.15, -0.1) is 0 Å². The van der Waals surface area contributed by atoms with Gasteiger partial charge in [-0.25, -0.2) is 4.79 Å². The maximum atomic E-state index is 15.1. The Morgan fingerprint density at radius 1 is 0.556 bits per heavy atom. The number of rotatable bonds is 21. The van der Waals surface area contributed by atoms with E-state index in [1.807, 2.05) is 0 Å². The molecular weight excluding hydrogens is 1450 g/mol. The van der Waals surface area contributed by atoms with Gasteiger partial charge in [-0.05, 0) is 79.5 Å². The van der Waals surface area contributed by atoms with Crippen LogP contribution < -0.4 is 69.1 Å². The number of aromatic nitrogens is 2. The van der Waals surface area contributed by atoms with Crippen LogP contribution >= 0.6 is 21.6 Å². The molecule has 3 heterocycles. The lowest BCUT2D eigenvalue weighted by atomic mass is 9.85. The highest BCUT2D eigenvalue weighted by Crippen LogP contribution is 2.26. The van der Waals surface area contributed by atoms with Crippen LogP contribution in [0.25, 0.3) is 21.8 Å². The van der Waals surface area contributed by atoms with Gasteiger partial charge in [0.15, 0.2) is 6.04 Å². The summed E-state index contributed by atoms with van der Waals surface area (Å²) in [5, 5.41) is 74.0. The number of hydrogen-bond acceptors (Lipinski definition) is 19. The Hall–Kier alpha value is -10.3. The second kappa shape index (κ2) is 41.2. The van der Waals surface area contributed by atoms with E-state index in [9.17, 15) is 92.3 Å². The van der Waals surface area contributed by atoms with E-state index in [0.29, 0.717) is 32.9 Å². The quantitative estimate of drug-likeness (QED) is 0.0463. The largest absolute Gasteiger partial charge is 0.481 e. The molecule has 1 aliphatic heterocycles. The Morgan fingerprint density at radius 2 is 1.06 bits per heavy atom. The van der Waals surface area contributed by atoms with Crippen LogP contribution in [-0.2, 0) is 89.6 Å². The summed E-state index contributed by atoms with van der Waals surface area (Å²) in [4.78, 5) is 229. The number of carboxylic acids is 3. The molecule has 35 nitrogen and oxygen atoms in total. The molecule has 0 spiro atoms. The van der Waals surface area contributed by atoms with Crippen LogP contribution in [0.3, 0.4) is 0 Å². The van der Waals surface area contributed by atoms with Crippen LogP contribution in [-0.4, -0.2) is 222 Å². The number of aliphatic hydroxyl groups excluding tert-OH is 1. The number of aliphatic hydroxyl groups is 1. The summed E-state index contributed by atoms with van der Waals surface area (Å²) in [6.07, 6.45) is -1.43. The molecule has 13 amide bonds. The van der Waals surface area contributed by atoms with Crippen molar-refractivity contribution < 1.29 is 97.1 Å². The van der Waals surface area contributed by atoms with Gasteiger partial charge in [-0.1, -0.05) is 120 Å². The number of benzene rings is 2. The number of H-pyrrole nitrogens is 2. The lowest BCUT2D eigenvalue weighted by molar-refractivity contribution is -0.145. The molecule has 0 aliphatic carbocycles. The highest BCUT2D eigenvalue weighted by atomic mass is 33.1. The highest BCUT2D eigenvalue weighted by molar-refractivity contribution is 8.76. The Bertz CT molecular complexity index is 3910. The fraction of sp³-hybridized carbons (Fsp3) is 0.549. The molecule has 1 aliphatic rings. The molecule has 13 atom stereocenters. The van der Waals surface area contributed by atoms with Crippen LogP contribution in [0.2, 0.25) is 0 Å². The Kier molecular flexibility index (Phi) is 33.7. The smallest absolute Gasteiger partial charge is 0.328 e. The summed E-state index contributed by atoms with van der Waals surface area (Å²) in [6.45, 7) is 17.3. The number of carboxylic acid groups (broad SMARTS) is 3. The molecule has 0 unspecified atom stereocenters. The SMILES string of the molecule is CC(=O)N[C@@H](CC(=O)O)C(=O)N[C@H]1CSSC[C@@H](C(=O)N[C@H](C(=O)O)[C@@H](C)O)NC(=O)[C@H](Cc2c[nH]c3ccccc23)NC(=O)[C@H](C(C)C)NC(=O)[C@H](CC(C)C)NC(=O)[C@H](CCC(=O)O)NC(=O)CNC(=O)[C@H](CC(C)C)NC(=O)[C@H](C(C)(C)C)NC(=O)[C@H](Cc2c[nH]c3ccccc23)NC(=O)[C@H](C)NC1=O. The Morgan fingerprint density at radius 3 is 1.56 bits per heavy atom. The lowest BCUT2D eigenvalue weighted by Gasteiger charge is -2.33. The number of nitrogens with one attached hydrogen (secondary N) is 15. The van der Waals surface area contributed by atoms with Crippen LogP contribution in [0.4, 0.5) is 0 Å². The zero-order valence-electron chi connectivity index (χ0n) is 62.2. The van der Waals surface area contributed by atoms with Crippen molar-refractivity contribution in [3.05, 3.63) is 72.1 Å². The number of amides is 13. The zero-order valence-corrected chi connectivity index (χ0v) is 63.9. The number of fused-ring (bicyclic) bond motifs is 2. The molecule has 2 aromatic heterocycles. The van der Waals surface area contributed by atoms with Crippen molar-refractivity contribution >= 4 is 138 Å². The van der Waals surface area contributed by atoms with E-state index >= 15 is 4.79 Å². The number of aliphatic carboxylic acids is 3. The van der Waals surface area contributed by atoms with Gasteiger partial charge in [-0.3, -0.25) is 71.9 Å². The number of carbonyl (C=O) groups is 16. The second-order valence-corrected chi connectivity index (χ2v) is 31.3. The van der Waals surface area contributed by atoms with Crippen molar-refractivity contribution in [3.8, 4) is 0 Å². The molecule has 4 aromatic rings. The first kappa shape index (κ1) is 88.3. The third-order valence-corrected chi connectivity index (χ3v) is 19.6. The third-order valence-electron chi connectivity index (χ3n) is 17.2. The molecule has 1 saturated heterocycles. The summed E-state index contributed by atoms with van der Waals surface area (Å²) in [5.74, 6) is -20.1. The minimum atomic E-state index is -1.97. The van der Waals surface area contributed by atoms with E-state index in [0.717, 1.165) is 35.4 Å². The third kappa shape index (κ3) is 27.5. The van der Waals surface area contributed by atoms with E-state index in [-0.39, 0.29) is 37.5 Å². The number of hydrogen-bond donors (Lipinski definition) is 19. The molecule has 108 heavy (non-hydrogen) atoms. The monoisotopic (exact) mass is 1550 g/mol. The average molecular weight is 1550 g/mol. The maximum Gasteiger partial charge on any atom is 0.328 e. The van der Waals surface area contributed by atoms with E-state index < -0.39 is 222 Å². The standard InChI is InChI=1S/C71H101N15O20S2/c1-33(2)23-46-60(95)74-30-53(89)77-45(21-22-54(90)91)61(96)79-47(24-34(3)4)64(99)84-56(35(5)6)68(103)80-48(25-39-28-72-43-19-15-13-17-41(39)43)62(97)83-52(67(102)85-57(37(8)87)70(105)106)32-108-107-31-51(82-63(98)50(27-55(92)93)76-38(9)88)66(101)75-36(7)59(94)78-49(26-40-29-73-44-20-16-14-18-42(40)44)65(100)86-58(69(104)81-46)71(10,11)12/h13-20,28-29,33-37,45-52,56-58,72-73,87H,21-27,30-32H2,1-12H3,(H,74,95)(H,75,101)(H,76,88)(H,77,89)(H,78,94)(H,79,96)(H,80,103)(H,81,104)(H,82,98)(H,83,97)(H,84,99)(H,85,102)(H,86,100)(H,90,91)(H,92,93)(H,105,106)/t36-,37+,45-,46-,47-,48-,49-,50-,51-,52-,56-,57-,58+/m0/s1. The molecule has 19 N–H and O–H groups in total. The van der Waals surface area contributed by atoms with E-state index in [4.69, 9.17) is 0 Å². The molecule has 37 heteroatoms. The normalized spacial score (nSPS) is 23.2. The van der Waals surface area contributed by atoms with Crippen LogP contribution in [0.15, 0.2) is 60.9 Å². The van der Waals surface area contributed by atoms with Crippen molar-refractivity contribution in [1.29, 1.82) is 0 Å². The number of carbonyl (C=O) groups excluding carboxylic acids is 13. The van der Waals surface area contributed by atoms with Gasteiger partial charge in [0, 0.05) is 71.9 Å². The summed E-state index contributed by atoms with van der Waals surface area (Å²) in [7, 11) is 1.50. The molecule has 5 rings (SSSR count). The van der Waals surface area contributed by atoms with E-state index in [2.05, 4.69) is 79.1 Å². The van der Waals surface area contributed by atoms with Gasteiger partial charge in [-0.2, -0.15) is 0 Å². The molecule has 0 saturated carbocycles. The minimum absolute atomic E-state index is 0.0301. The van der Waals surface area contributed by atoms with Crippen LogP contribution in [0, 0.1) is 23.2 Å². The van der Waals surface area contributed by atoms with Gasteiger partial charge in [0.2, 0.25) is 76.8 Å². The minimum Gasteiger partial charge on any atom is -0.481 e. The van der Waals surface area contributed by atoms with E-state index in [1.165, 1.54) is 6.92 Å². The molecule has 1 fully saturated rings. The van der Waals surface area contributed by atoms with Crippen molar-refractivity contribution in [2.75, 3.05) is 18.1 Å². The fourth-order valence-electron chi connectivity index (χ4n) is 11.5. The molecule has 0 radical (unpaired) electrons. The Labute approximate surface area is 631 Å². The summed E-state index contributed by atoms with van der Waals surface area (Å²) in [5.41, 5.74) is 1.06. The summed E-state index contributed by atoms with van der Waals surface area (Å²) < 4.78 is 0. The van der Waals surface area contributed by atoms with Gasteiger partial charge >= 0.3 is 17.9 Å². The second-order valence-electron chi connectivity index (χ2n) is 28.8. The predicted octanol–water partition coefficient (Wildman–Crippen LogP) is -0.598. The highest BCUT2D eigenvalue weighted by Gasteiger charge is 2.41. The molecule has 592 valence electrons. The number of aromatic amines is 2. The summed E-state index contributed by atoms with van der Waals surface area (Å²) in [6, 6.07) is -5.71. The van der Waals surface area contributed by atoms with E-state index in [1.54, 1.807) is 123 Å².